The SMILES string of the molecule is CCCCCCC(=O)N[C@@H]1C(O)C(O[C@@H]2O[C@H](C)[C@H](O[C@@H]3OC[C@@H](O)C(O)C3O)C(O)C2O)[C@H](OC(=O)[C@]23CCC(C)(C)CC2C2=CCC4C5(C)CC[C@H](O[C@H](OC(C(=O)O)[C@H](C)O)[C@H](CO[C@@H]6OC[C@@H](O)C(O)[C@@H]6O)O[C@@H]6OC(CO)[C@H](O)C(O)[C@@H]6O)[C@](C)(C=O)C5CC[C@@]4(C)[C@]2(C)C[C@H]3O)O[C@@H]1CO. The molecule has 0 radical (unpaired) electrons. The van der Waals surface area contributed by atoms with E-state index in [9.17, 15) is 101 Å². The summed E-state index contributed by atoms with van der Waals surface area (Å²) in [4.78, 5) is 56.8. The molecule has 1 amide bonds. The molecule has 14 unspecified atom stereocenters. The van der Waals surface area contributed by atoms with Crippen LogP contribution in [0.3, 0.4) is 0 Å². The van der Waals surface area contributed by atoms with Gasteiger partial charge >= 0.3 is 11.9 Å². The van der Waals surface area contributed by atoms with E-state index in [4.69, 9.17) is 56.8 Å². The van der Waals surface area contributed by atoms with E-state index in [0.29, 0.717) is 44.9 Å². The summed E-state index contributed by atoms with van der Waals surface area (Å²) in [5, 5.41) is 190. The zero-order chi connectivity index (χ0) is 77.8. The summed E-state index contributed by atoms with van der Waals surface area (Å²) >= 11 is 0. The highest BCUT2D eigenvalue weighted by Crippen LogP contribution is 2.76. The van der Waals surface area contributed by atoms with Crippen LogP contribution in [-0.4, -0.2) is 322 Å². The molecule has 608 valence electrons. The molecule has 10 aliphatic rings. The van der Waals surface area contributed by atoms with Gasteiger partial charge in [0, 0.05) is 6.42 Å². The molecular weight excluding hydrogens is 1410 g/mol. The molecule has 5 aliphatic carbocycles. The summed E-state index contributed by atoms with van der Waals surface area (Å²) < 4.78 is 72.8. The fourth-order valence-electron chi connectivity index (χ4n) is 19.5. The first-order valence-electron chi connectivity index (χ1n) is 37.6. The van der Waals surface area contributed by atoms with Gasteiger partial charge in [0.1, 0.15) is 109 Å². The highest BCUT2D eigenvalue weighted by atomic mass is 16.8. The highest BCUT2D eigenvalue weighted by molar-refractivity contribution is 5.80. The van der Waals surface area contributed by atoms with Crippen molar-refractivity contribution in [1.82, 2.24) is 5.32 Å². The molecule has 106 heavy (non-hydrogen) atoms. The maximum absolute atomic E-state index is 16.0. The molecule has 10 rings (SSSR count). The van der Waals surface area contributed by atoms with Gasteiger partial charge < -0.3 is 154 Å². The van der Waals surface area contributed by atoms with Crippen molar-refractivity contribution < 1.29 is 163 Å². The molecule has 34 heteroatoms. The molecule has 0 aromatic carbocycles. The molecule has 34 nitrogen and oxygen atoms in total. The number of unbranched alkanes of at least 4 members (excludes halogenated alkanes) is 3. The third-order valence-corrected chi connectivity index (χ3v) is 26.1. The molecule has 0 aromatic heterocycles. The summed E-state index contributed by atoms with van der Waals surface area (Å²) in [7, 11) is 0. The molecule has 5 saturated heterocycles. The fourth-order valence-corrected chi connectivity index (χ4v) is 19.5. The number of carboxylic acids is 1. The Morgan fingerprint density at radius 2 is 1.28 bits per heavy atom. The third-order valence-electron chi connectivity index (χ3n) is 26.1. The molecule has 5 aliphatic heterocycles. The first-order chi connectivity index (χ1) is 49.8. The normalized spacial score (nSPS) is 47.8. The number of hydrogen-bond donors (Lipinski definition) is 18. The van der Waals surface area contributed by atoms with Crippen LogP contribution in [0.2, 0.25) is 0 Å². The smallest absolute Gasteiger partial charge is 0.335 e. The van der Waals surface area contributed by atoms with E-state index in [1.54, 1.807) is 6.92 Å². The standard InChI is InChI=1S/C72H117NO33/c1-10-11-12-13-14-44(81)73-45-37(25-74)99-65(58(49(45)85)105-63-55(91)51(87)57(32(3)98-63)104-62-53(89)47(83)36(79)28-96-62)106-66(94)72-22-21-67(4,5)23-34(72)33-15-16-41-68(6)19-18-43(69(7,30-76)40(68)17-20-70(41,8)71(33,9)24-42(72)80)102-60(103-56(31(2)77)59(92)93)39(29-97-61-52(88)46(82)35(78)27-95-61)101-64-54(90)50(86)48(84)38(26-75)100-64/h15,30-32,34-43,45-58,60-65,74-75,77-80,82-91H,10-14,16-29H2,1-9H3,(H,73,81)(H,92,93)/t31-,32+,34?,35+,36+,37+,38?,39-,40?,41?,42+,43-,45-,46?,47?,48-,49?,50?,51?,52-,53?,54-,55?,56?,57-,58?,60+,61-,62-,63-,64-,65-,68?,69+,70+,71+,72+/m0/s1. The number of carbonyl (C=O) groups is 4. The van der Waals surface area contributed by atoms with Crippen LogP contribution in [0.4, 0.5) is 0 Å². The number of aliphatic carboxylic acids is 1. The topological polar surface area (TPSA) is 535 Å². The fraction of sp³-hybridized carbons (Fsp3) is 0.917. The van der Waals surface area contributed by atoms with Crippen molar-refractivity contribution in [3.05, 3.63) is 11.6 Å². The Labute approximate surface area is 615 Å². The molecule has 18 N–H and O–H groups in total. The maximum atomic E-state index is 16.0. The van der Waals surface area contributed by atoms with E-state index in [2.05, 4.69) is 46.0 Å². The summed E-state index contributed by atoms with van der Waals surface area (Å²) in [6.07, 6.45) is -40.1. The molecule has 5 heterocycles. The Kier molecular flexibility index (Phi) is 27.2. The van der Waals surface area contributed by atoms with Crippen LogP contribution in [0.5, 0.6) is 0 Å². The number of carboxylic acid groups (broad SMARTS) is 1. The summed E-state index contributed by atoms with van der Waals surface area (Å²) in [6, 6.07) is -1.42. The van der Waals surface area contributed by atoms with E-state index < -0.39 is 273 Å². The van der Waals surface area contributed by atoms with Crippen LogP contribution in [0, 0.1) is 50.2 Å². The lowest BCUT2D eigenvalue weighted by molar-refractivity contribution is -0.370. The van der Waals surface area contributed by atoms with Crippen LogP contribution in [0.15, 0.2) is 11.6 Å². The quantitative estimate of drug-likeness (QED) is 0.0127. The lowest BCUT2D eigenvalue weighted by atomic mass is 9.33. The summed E-state index contributed by atoms with van der Waals surface area (Å²) in [6.45, 7) is 13.3. The first-order valence-corrected chi connectivity index (χ1v) is 37.6. The summed E-state index contributed by atoms with van der Waals surface area (Å²) in [5.74, 6) is -4.59. The van der Waals surface area contributed by atoms with Crippen LogP contribution in [-0.2, 0) is 76.0 Å². The van der Waals surface area contributed by atoms with Gasteiger partial charge in [0.2, 0.25) is 12.2 Å². The Morgan fingerprint density at radius 3 is 1.92 bits per heavy atom. The second-order valence-corrected chi connectivity index (χ2v) is 33.2. The van der Waals surface area contributed by atoms with Gasteiger partial charge in [-0.1, -0.05) is 79.4 Å². The number of hydrogen-bond acceptors (Lipinski definition) is 32. The Bertz CT molecular complexity index is 3010. The van der Waals surface area contributed by atoms with Crippen molar-refractivity contribution >= 4 is 24.1 Å². The van der Waals surface area contributed by atoms with Crippen LogP contribution < -0.4 is 5.32 Å². The monoisotopic (exact) mass is 1520 g/mol. The first kappa shape index (κ1) is 85.2. The second-order valence-electron chi connectivity index (χ2n) is 33.2. The number of aliphatic hydroxyl groups excluding tert-OH is 16. The maximum Gasteiger partial charge on any atom is 0.335 e. The van der Waals surface area contributed by atoms with E-state index in [0.717, 1.165) is 38.0 Å². The summed E-state index contributed by atoms with van der Waals surface area (Å²) in [5.41, 5.74) is -4.98. The number of aliphatic hydroxyl groups is 16. The lowest BCUT2D eigenvalue weighted by Gasteiger charge is -2.71. The van der Waals surface area contributed by atoms with Crippen molar-refractivity contribution in [1.29, 1.82) is 0 Å². The highest BCUT2D eigenvalue weighted by Gasteiger charge is 2.73. The average molecular weight is 1520 g/mol. The molecule has 37 atom stereocenters. The van der Waals surface area contributed by atoms with Gasteiger partial charge in [-0.25, -0.2) is 4.79 Å². The van der Waals surface area contributed by atoms with Crippen LogP contribution in [0.1, 0.15) is 152 Å². The number of nitrogens with one attached hydrogen (secondary N) is 1. The van der Waals surface area contributed by atoms with Crippen molar-refractivity contribution in [2.24, 2.45) is 50.2 Å². The van der Waals surface area contributed by atoms with E-state index in [-0.39, 0.29) is 31.6 Å². The predicted molar refractivity (Wildman–Crippen MR) is 358 cm³/mol. The van der Waals surface area contributed by atoms with Gasteiger partial charge in [-0.3, -0.25) is 9.59 Å². The number of ether oxygens (including phenoxy) is 12. The number of esters is 1. The largest absolute Gasteiger partial charge is 0.479 e. The predicted octanol–water partition coefficient (Wildman–Crippen LogP) is -3.11. The molecule has 4 saturated carbocycles. The average Bonchev–Trinajstić information content (AvgIpc) is 0.670. The zero-order valence-corrected chi connectivity index (χ0v) is 61.7. The molecule has 0 spiro atoms. The molecule has 0 aromatic rings. The number of aldehydes is 1. The third kappa shape index (κ3) is 16.1. The molecular formula is C72H117NO33. The number of rotatable bonds is 27. The minimum Gasteiger partial charge on any atom is -0.479 e. The van der Waals surface area contributed by atoms with Crippen molar-refractivity contribution in [3.8, 4) is 0 Å². The van der Waals surface area contributed by atoms with E-state index >= 15 is 4.79 Å². The number of allylic oxidation sites excluding steroid dienone is 2. The van der Waals surface area contributed by atoms with Crippen molar-refractivity contribution in [2.45, 2.75) is 330 Å². The minimum atomic E-state index is -2.09. The van der Waals surface area contributed by atoms with Crippen molar-refractivity contribution in [2.75, 3.05) is 33.0 Å². The van der Waals surface area contributed by atoms with E-state index in [1.165, 1.54) is 6.92 Å². The Hall–Kier alpha value is -3.26. The van der Waals surface area contributed by atoms with Crippen molar-refractivity contribution in [3.63, 3.8) is 0 Å². The Balaban J connectivity index is 0.941. The number of carbonyl (C=O) groups excluding carboxylic acids is 3. The van der Waals surface area contributed by atoms with Gasteiger partial charge in [0.05, 0.1) is 68.9 Å². The zero-order valence-electron chi connectivity index (χ0n) is 61.7. The number of fused-ring (bicyclic) bond motifs is 7. The Morgan fingerprint density at radius 1 is 0.660 bits per heavy atom. The van der Waals surface area contributed by atoms with Crippen LogP contribution >= 0.6 is 0 Å². The van der Waals surface area contributed by atoms with Gasteiger partial charge in [0.25, 0.3) is 0 Å². The van der Waals surface area contributed by atoms with Gasteiger partial charge in [0.15, 0.2) is 43.7 Å². The lowest BCUT2D eigenvalue weighted by Crippen LogP contribution is -2.69. The van der Waals surface area contributed by atoms with E-state index in [1.807, 2.05) is 6.92 Å². The molecule has 0 bridgehead atoms. The van der Waals surface area contributed by atoms with Gasteiger partial charge in [-0.2, -0.15) is 0 Å². The molecule has 9 fully saturated rings. The number of amides is 1. The van der Waals surface area contributed by atoms with Gasteiger partial charge in [-0.05, 0) is 117 Å². The van der Waals surface area contributed by atoms with Crippen LogP contribution in [0.25, 0.3) is 0 Å². The second kappa shape index (κ2) is 33.8. The minimum absolute atomic E-state index is 0.0198. The van der Waals surface area contributed by atoms with Gasteiger partial charge in [-0.15, -0.1) is 0 Å².